The molecule has 26 heavy (non-hydrogen) atoms. The van der Waals surface area contributed by atoms with Crippen LogP contribution in [0.15, 0.2) is 29.8 Å². The Kier molecular flexibility index (Phi) is 5.49. The van der Waals surface area contributed by atoms with E-state index in [4.69, 9.17) is 9.47 Å². The third kappa shape index (κ3) is 4.00. The van der Waals surface area contributed by atoms with Gasteiger partial charge in [-0.05, 0) is 43.9 Å². The molecule has 140 valence electrons. The monoisotopic (exact) mass is 358 g/mol. The van der Waals surface area contributed by atoms with Crippen LogP contribution in [0.4, 0.5) is 0 Å². The fourth-order valence-corrected chi connectivity index (χ4v) is 3.22. The molecule has 3 rings (SSSR count). The van der Waals surface area contributed by atoms with Gasteiger partial charge in [0.15, 0.2) is 11.5 Å². The van der Waals surface area contributed by atoms with Crippen LogP contribution >= 0.6 is 0 Å². The van der Waals surface area contributed by atoms with Crippen molar-refractivity contribution in [2.24, 2.45) is 5.92 Å². The Morgan fingerprint density at radius 3 is 2.19 bits per heavy atom. The zero-order valence-electron chi connectivity index (χ0n) is 15.7. The summed E-state index contributed by atoms with van der Waals surface area (Å²) in [7, 11) is 3.11. The molecule has 2 aliphatic rings. The summed E-state index contributed by atoms with van der Waals surface area (Å²) in [6.45, 7) is 4.23. The van der Waals surface area contributed by atoms with Gasteiger partial charge < -0.3 is 19.3 Å². The van der Waals surface area contributed by atoms with Gasteiger partial charge in [0.1, 0.15) is 0 Å². The standard InChI is InChI=1S/C20H26N2O4/c1-14(15-4-5-15)12-19(23)21-8-10-22(11-9-21)20(24)16-6-7-17(25-2)18(13-16)26-3/h6-7,12-13,15H,4-5,8-11H2,1-3H3/b14-12-. The summed E-state index contributed by atoms with van der Waals surface area (Å²) in [6, 6.07) is 5.17. The lowest BCUT2D eigenvalue weighted by Crippen LogP contribution is -2.50. The maximum Gasteiger partial charge on any atom is 0.254 e. The van der Waals surface area contributed by atoms with Crippen LogP contribution in [0, 0.1) is 5.92 Å². The Labute approximate surface area is 154 Å². The van der Waals surface area contributed by atoms with Gasteiger partial charge >= 0.3 is 0 Å². The highest BCUT2D eigenvalue weighted by atomic mass is 16.5. The van der Waals surface area contributed by atoms with Gasteiger partial charge in [0.2, 0.25) is 5.91 Å². The lowest BCUT2D eigenvalue weighted by molar-refractivity contribution is -0.127. The molecule has 1 heterocycles. The molecule has 2 amide bonds. The summed E-state index contributed by atoms with van der Waals surface area (Å²) in [5, 5.41) is 0. The summed E-state index contributed by atoms with van der Waals surface area (Å²) in [5.74, 6) is 1.74. The minimum atomic E-state index is -0.0530. The van der Waals surface area contributed by atoms with Crippen LogP contribution < -0.4 is 9.47 Å². The fraction of sp³-hybridized carbons (Fsp3) is 0.500. The zero-order chi connectivity index (χ0) is 18.7. The van der Waals surface area contributed by atoms with E-state index in [0.29, 0.717) is 49.2 Å². The first-order valence-electron chi connectivity index (χ1n) is 9.02. The van der Waals surface area contributed by atoms with Crippen molar-refractivity contribution in [2.75, 3.05) is 40.4 Å². The summed E-state index contributed by atoms with van der Waals surface area (Å²) in [6.07, 6.45) is 4.16. The smallest absolute Gasteiger partial charge is 0.254 e. The van der Waals surface area contributed by atoms with E-state index in [9.17, 15) is 9.59 Å². The third-order valence-electron chi connectivity index (χ3n) is 5.08. The van der Waals surface area contributed by atoms with E-state index in [1.54, 1.807) is 43.4 Å². The fourth-order valence-electron chi connectivity index (χ4n) is 3.22. The predicted octanol–water partition coefficient (Wildman–Crippen LogP) is 2.34. The Morgan fingerprint density at radius 2 is 1.62 bits per heavy atom. The van der Waals surface area contributed by atoms with Crippen molar-refractivity contribution in [2.45, 2.75) is 19.8 Å². The molecule has 0 atom stereocenters. The molecular formula is C20H26N2O4. The van der Waals surface area contributed by atoms with Gasteiger partial charge in [-0.2, -0.15) is 0 Å². The van der Waals surface area contributed by atoms with Crippen LogP contribution in [0.3, 0.4) is 0 Å². The van der Waals surface area contributed by atoms with Gasteiger partial charge in [0, 0.05) is 37.8 Å². The first-order valence-corrected chi connectivity index (χ1v) is 9.02. The molecule has 1 saturated heterocycles. The second-order valence-electron chi connectivity index (χ2n) is 6.85. The average molecular weight is 358 g/mol. The highest BCUT2D eigenvalue weighted by Gasteiger charge is 2.27. The summed E-state index contributed by atoms with van der Waals surface area (Å²) >= 11 is 0. The number of allylic oxidation sites excluding steroid dienone is 1. The van der Waals surface area contributed by atoms with E-state index >= 15 is 0 Å². The number of carbonyl (C=O) groups excluding carboxylic acids is 2. The second-order valence-corrected chi connectivity index (χ2v) is 6.85. The molecule has 0 spiro atoms. The molecule has 2 fully saturated rings. The molecule has 0 unspecified atom stereocenters. The van der Waals surface area contributed by atoms with Gasteiger partial charge in [-0.1, -0.05) is 5.57 Å². The van der Waals surface area contributed by atoms with Crippen molar-refractivity contribution in [3.63, 3.8) is 0 Å². The summed E-state index contributed by atoms with van der Waals surface area (Å²) in [4.78, 5) is 28.7. The number of hydrogen-bond acceptors (Lipinski definition) is 4. The number of nitrogens with zero attached hydrogens (tertiary/aromatic N) is 2. The number of benzene rings is 1. The first-order chi connectivity index (χ1) is 12.5. The molecule has 6 nitrogen and oxygen atoms in total. The van der Waals surface area contributed by atoms with E-state index in [-0.39, 0.29) is 11.8 Å². The van der Waals surface area contributed by atoms with Gasteiger partial charge in [0.05, 0.1) is 14.2 Å². The zero-order valence-corrected chi connectivity index (χ0v) is 15.7. The highest BCUT2D eigenvalue weighted by molar-refractivity contribution is 5.95. The number of methoxy groups -OCH3 is 2. The van der Waals surface area contributed by atoms with Gasteiger partial charge in [-0.25, -0.2) is 0 Å². The molecule has 0 N–H and O–H groups in total. The van der Waals surface area contributed by atoms with Crippen molar-refractivity contribution < 1.29 is 19.1 Å². The van der Waals surface area contributed by atoms with Crippen molar-refractivity contribution >= 4 is 11.8 Å². The molecule has 1 aromatic rings. The van der Waals surface area contributed by atoms with E-state index in [1.165, 1.54) is 18.4 Å². The lowest BCUT2D eigenvalue weighted by atomic mass is 10.1. The molecule has 0 radical (unpaired) electrons. The van der Waals surface area contributed by atoms with Crippen LogP contribution in [0.5, 0.6) is 11.5 Å². The number of ether oxygens (including phenoxy) is 2. The molecular weight excluding hydrogens is 332 g/mol. The maximum atomic E-state index is 12.7. The Morgan fingerprint density at radius 1 is 1.00 bits per heavy atom. The highest BCUT2D eigenvalue weighted by Crippen LogP contribution is 2.36. The van der Waals surface area contributed by atoms with Crippen molar-refractivity contribution in [1.82, 2.24) is 9.80 Å². The normalized spacial score (nSPS) is 17.9. The van der Waals surface area contributed by atoms with Crippen LogP contribution in [-0.2, 0) is 4.79 Å². The predicted molar refractivity (Wildman–Crippen MR) is 98.5 cm³/mol. The lowest BCUT2D eigenvalue weighted by Gasteiger charge is -2.34. The minimum absolute atomic E-state index is 0.0530. The van der Waals surface area contributed by atoms with Gasteiger partial charge in [-0.3, -0.25) is 9.59 Å². The first kappa shape index (κ1) is 18.3. The van der Waals surface area contributed by atoms with Crippen LogP contribution in [-0.4, -0.2) is 62.0 Å². The Hall–Kier alpha value is -2.50. The average Bonchev–Trinajstić information content (AvgIpc) is 3.52. The summed E-state index contributed by atoms with van der Waals surface area (Å²) < 4.78 is 10.5. The number of piperazine rings is 1. The Balaban J connectivity index is 1.60. The number of hydrogen-bond donors (Lipinski definition) is 0. The van der Waals surface area contributed by atoms with Gasteiger partial charge in [0.25, 0.3) is 5.91 Å². The van der Waals surface area contributed by atoms with E-state index in [0.717, 1.165) is 0 Å². The molecule has 1 aliphatic carbocycles. The van der Waals surface area contributed by atoms with E-state index in [1.807, 2.05) is 11.8 Å². The SMILES string of the molecule is COc1ccc(C(=O)N2CCN(C(=O)/C=C(/C)C3CC3)CC2)cc1OC. The van der Waals surface area contributed by atoms with Crippen LogP contribution in [0.25, 0.3) is 0 Å². The molecule has 1 aliphatic heterocycles. The minimum Gasteiger partial charge on any atom is -0.493 e. The molecule has 1 aromatic carbocycles. The quantitative estimate of drug-likeness (QED) is 0.758. The Bertz CT molecular complexity index is 717. The third-order valence-corrected chi connectivity index (χ3v) is 5.08. The summed E-state index contributed by atoms with van der Waals surface area (Å²) in [5.41, 5.74) is 1.74. The second kappa shape index (κ2) is 7.81. The van der Waals surface area contributed by atoms with Gasteiger partial charge in [-0.15, -0.1) is 0 Å². The van der Waals surface area contributed by atoms with E-state index in [2.05, 4.69) is 0 Å². The molecule has 0 bridgehead atoms. The molecule has 1 saturated carbocycles. The largest absolute Gasteiger partial charge is 0.493 e. The van der Waals surface area contributed by atoms with Crippen molar-refractivity contribution in [1.29, 1.82) is 0 Å². The number of carbonyl (C=O) groups is 2. The number of rotatable bonds is 5. The van der Waals surface area contributed by atoms with Crippen molar-refractivity contribution in [3.05, 3.63) is 35.4 Å². The maximum absolute atomic E-state index is 12.7. The molecule has 6 heteroatoms. The van der Waals surface area contributed by atoms with Crippen LogP contribution in [0.1, 0.15) is 30.1 Å². The number of amides is 2. The van der Waals surface area contributed by atoms with E-state index < -0.39 is 0 Å². The molecule has 0 aromatic heterocycles. The van der Waals surface area contributed by atoms with Crippen LogP contribution in [0.2, 0.25) is 0 Å². The topological polar surface area (TPSA) is 59.1 Å². The van der Waals surface area contributed by atoms with Crippen molar-refractivity contribution in [3.8, 4) is 11.5 Å².